The summed E-state index contributed by atoms with van der Waals surface area (Å²) >= 11 is 1.75. The number of nitrogens with zero attached hydrogens (tertiary/aromatic N) is 2. The van der Waals surface area contributed by atoms with Crippen LogP contribution in [0.25, 0.3) is 0 Å². The van der Waals surface area contributed by atoms with Crippen LogP contribution in [0.4, 0.5) is 0 Å². The minimum atomic E-state index is 0.197. The van der Waals surface area contributed by atoms with Gasteiger partial charge in [0.1, 0.15) is 5.75 Å². The topological polar surface area (TPSA) is 32.8 Å². The summed E-state index contributed by atoms with van der Waals surface area (Å²) in [6.07, 6.45) is 2.08. The number of benzene rings is 2. The number of hydrogen-bond donors (Lipinski definition) is 0. The molecule has 0 radical (unpaired) electrons. The van der Waals surface area contributed by atoms with Gasteiger partial charge in [0, 0.05) is 31.1 Å². The Morgan fingerprint density at radius 2 is 1.60 bits per heavy atom. The minimum absolute atomic E-state index is 0.197. The molecule has 5 heteroatoms. The second kappa shape index (κ2) is 8.41. The van der Waals surface area contributed by atoms with Crippen molar-refractivity contribution >= 4 is 17.7 Å². The number of carbonyl (C=O) groups excluding carboxylic acids is 1. The lowest BCUT2D eigenvalue weighted by Gasteiger charge is -2.34. The maximum Gasteiger partial charge on any atom is 0.237 e. The van der Waals surface area contributed by atoms with Crippen LogP contribution < -0.4 is 4.74 Å². The quantitative estimate of drug-likeness (QED) is 0.744. The highest BCUT2D eigenvalue weighted by atomic mass is 32.2. The van der Waals surface area contributed by atoms with Gasteiger partial charge in [-0.25, -0.2) is 0 Å². The molecule has 0 N–H and O–H groups in total. The van der Waals surface area contributed by atoms with E-state index in [9.17, 15) is 4.79 Å². The zero-order chi connectivity index (χ0) is 17.6. The number of amides is 1. The third-order valence-corrected chi connectivity index (χ3v) is 5.24. The second-order valence-electron chi connectivity index (χ2n) is 6.22. The maximum atomic E-state index is 12.5. The third-order valence-electron chi connectivity index (χ3n) is 4.50. The van der Waals surface area contributed by atoms with E-state index in [2.05, 4.69) is 35.4 Å². The summed E-state index contributed by atoms with van der Waals surface area (Å²) in [5.74, 6) is 1.04. The van der Waals surface area contributed by atoms with Crippen LogP contribution in [-0.2, 0) is 17.9 Å². The summed E-state index contributed by atoms with van der Waals surface area (Å²) in [4.78, 5) is 17.9. The molecule has 3 rings (SSSR count). The summed E-state index contributed by atoms with van der Waals surface area (Å²) in [7, 11) is 1.66. The van der Waals surface area contributed by atoms with E-state index in [0.29, 0.717) is 13.1 Å². The van der Waals surface area contributed by atoms with E-state index in [1.807, 2.05) is 29.2 Å². The highest BCUT2D eigenvalue weighted by Gasteiger charge is 2.23. The molecule has 1 aliphatic heterocycles. The second-order valence-corrected chi connectivity index (χ2v) is 7.10. The highest BCUT2D eigenvalue weighted by Crippen LogP contribution is 2.18. The number of hydrogen-bond acceptors (Lipinski definition) is 4. The van der Waals surface area contributed by atoms with Crippen molar-refractivity contribution in [1.82, 2.24) is 9.80 Å². The van der Waals surface area contributed by atoms with Gasteiger partial charge in [-0.15, -0.1) is 11.8 Å². The van der Waals surface area contributed by atoms with Gasteiger partial charge in [-0.1, -0.05) is 24.3 Å². The predicted molar refractivity (Wildman–Crippen MR) is 102 cm³/mol. The molecule has 0 aliphatic carbocycles. The molecule has 25 heavy (non-hydrogen) atoms. The molecule has 0 atom stereocenters. The molecular formula is C20H24N2O2S. The van der Waals surface area contributed by atoms with Crippen LogP contribution in [-0.4, -0.2) is 48.7 Å². The Kier molecular flexibility index (Phi) is 6.00. The van der Waals surface area contributed by atoms with E-state index in [-0.39, 0.29) is 5.91 Å². The molecule has 0 unspecified atom stereocenters. The minimum Gasteiger partial charge on any atom is -0.497 e. The molecule has 0 bridgehead atoms. The summed E-state index contributed by atoms with van der Waals surface area (Å²) in [6, 6.07) is 16.5. The normalized spacial score (nSPS) is 15.4. The Hall–Kier alpha value is -1.98. The van der Waals surface area contributed by atoms with Crippen molar-refractivity contribution in [1.29, 1.82) is 0 Å². The smallest absolute Gasteiger partial charge is 0.237 e. The molecule has 1 aliphatic rings. The predicted octanol–water partition coefficient (Wildman–Crippen LogP) is 3.26. The molecule has 0 spiro atoms. The Morgan fingerprint density at radius 1 is 0.960 bits per heavy atom. The van der Waals surface area contributed by atoms with Crippen molar-refractivity contribution in [3.05, 3.63) is 59.7 Å². The first-order valence-electron chi connectivity index (χ1n) is 8.44. The Labute approximate surface area is 153 Å². The molecule has 1 saturated heterocycles. The monoisotopic (exact) mass is 356 g/mol. The lowest BCUT2D eigenvalue weighted by Crippen LogP contribution is -2.49. The van der Waals surface area contributed by atoms with E-state index in [1.54, 1.807) is 18.9 Å². The molecule has 0 saturated carbocycles. The van der Waals surface area contributed by atoms with Crippen LogP contribution in [0.15, 0.2) is 53.4 Å². The van der Waals surface area contributed by atoms with Gasteiger partial charge in [0.25, 0.3) is 0 Å². The van der Waals surface area contributed by atoms with Crippen LogP contribution in [0.5, 0.6) is 5.75 Å². The van der Waals surface area contributed by atoms with Crippen molar-refractivity contribution < 1.29 is 9.53 Å². The number of ether oxygens (including phenoxy) is 1. The molecule has 2 aromatic carbocycles. The number of rotatable bonds is 6. The van der Waals surface area contributed by atoms with Gasteiger partial charge in [-0.05, 0) is 41.6 Å². The number of methoxy groups -OCH3 is 1. The third kappa shape index (κ3) is 4.77. The van der Waals surface area contributed by atoms with Crippen LogP contribution in [0.2, 0.25) is 0 Å². The average Bonchev–Trinajstić information content (AvgIpc) is 2.65. The molecular weight excluding hydrogens is 332 g/mol. The fraction of sp³-hybridized carbons (Fsp3) is 0.350. The summed E-state index contributed by atoms with van der Waals surface area (Å²) in [5, 5.41) is 0. The van der Waals surface area contributed by atoms with Crippen LogP contribution in [0, 0.1) is 0 Å². The number of piperazine rings is 1. The van der Waals surface area contributed by atoms with Crippen molar-refractivity contribution in [2.24, 2.45) is 0 Å². The molecule has 1 heterocycles. The Morgan fingerprint density at radius 3 is 2.20 bits per heavy atom. The Balaban J connectivity index is 1.53. The standard InChI is InChI=1S/C20H24N2O2S/c1-24-18-7-3-17(4-8-18)14-22-12-11-21(15-20(22)23)13-16-5-9-19(25-2)10-6-16/h3-10H,11-15H2,1-2H3. The zero-order valence-electron chi connectivity index (χ0n) is 14.8. The molecule has 2 aromatic rings. The van der Waals surface area contributed by atoms with Crippen molar-refractivity contribution in [2.75, 3.05) is 33.0 Å². The van der Waals surface area contributed by atoms with Gasteiger partial charge >= 0.3 is 0 Å². The first-order valence-corrected chi connectivity index (χ1v) is 9.66. The fourth-order valence-electron chi connectivity index (χ4n) is 3.00. The largest absolute Gasteiger partial charge is 0.497 e. The molecule has 0 aromatic heterocycles. The molecule has 4 nitrogen and oxygen atoms in total. The first kappa shape index (κ1) is 17.8. The van der Waals surface area contributed by atoms with E-state index in [4.69, 9.17) is 4.74 Å². The van der Waals surface area contributed by atoms with E-state index < -0.39 is 0 Å². The van der Waals surface area contributed by atoms with Crippen LogP contribution in [0.3, 0.4) is 0 Å². The summed E-state index contributed by atoms with van der Waals surface area (Å²) < 4.78 is 5.18. The SMILES string of the molecule is COc1ccc(CN2CCN(Cc3ccc(SC)cc3)CC2=O)cc1. The molecule has 1 fully saturated rings. The Bertz CT molecular complexity index is 701. The van der Waals surface area contributed by atoms with Gasteiger partial charge in [-0.2, -0.15) is 0 Å². The zero-order valence-corrected chi connectivity index (χ0v) is 15.6. The number of thioether (sulfide) groups is 1. The van der Waals surface area contributed by atoms with Crippen molar-refractivity contribution in [3.8, 4) is 5.75 Å². The van der Waals surface area contributed by atoms with Gasteiger partial charge < -0.3 is 9.64 Å². The number of carbonyl (C=O) groups is 1. The lowest BCUT2D eigenvalue weighted by molar-refractivity contribution is -0.136. The lowest BCUT2D eigenvalue weighted by atomic mass is 10.1. The molecule has 132 valence electrons. The van der Waals surface area contributed by atoms with Gasteiger partial charge in [-0.3, -0.25) is 9.69 Å². The van der Waals surface area contributed by atoms with Crippen LogP contribution >= 0.6 is 11.8 Å². The van der Waals surface area contributed by atoms with Gasteiger partial charge in [0.2, 0.25) is 5.91 Å². The average molecular weight is 356 g/mol. The van der Waals surface area contributed by atoms with Crippen molar-refractivity contribution in [2.45, 2.75) is 18.0 Å². The highest BCUT2D eigenvalue weighted by molar-refractivity contribution is 7.98. The summed E-state index contributed by atoms with van der Waals surface area (Å²) in [6.45, 7) is 3.66. The van der Waals surface area contributed by atoms with Crippen LogP contribution in [0.1, 0.15) is 11.1 Å². The maximum absolute atomic E-state index is 12.5. The first-order chi connectivity index (χ1) is 12.2. The van der Waals surface area contributed by atoms with Gasteiger partial charge in [0.05, 0.1) is 13.7 Å². The van der Waals surface area contributed by atoms with E-state index in [1.165, 1.54) is 10.5 Å². The van der Waals surface area contributed by atoms with Crippen molar-refractivity contribution in [3.63, 3.8) is 0 Å². The van der Waals surface area contributed by atoms with Gasteiger partial charge in [0.15, 0.2) is 0 Å². The van der Waals surface area contributed by atoms with E-state index in [0.717, 1.165) is 30.9 Å². The van der Waals surface area contributed by atoms with E-state index >= 15 is 0 Å². The summed E-state index contributed by atoms with van der Waals surface area (Å²) in [5.41, 5.74) is 2.39. The fourth-order valence-corrected chi connectivity index (χ4v) is 3.41. The molecule has 1 amide bonds.